The van der Waals surface area contributed by atoms with Crippen molar-refractivity contribution in [1.82, 2.24) is 4.90 Å². The van der Waals surface area contributed by atoms with E-state index >= 15 is 0 Å². The van der Waals surface area contributed by atoms with Gasteiger partial charge < -0.3 is 20.1 Å². The van der Waals surface area contributed by atoms with Crippen molar-refractivity contribution in [2.75, 3.05) is 32.6 Å². The lowest BCUT2D eigenvalue weighted by molar-refractivity contribution is 0.261. The van der Waals surface area contributed by atoms with Gasteiger partial charge in [-0.2, -0.15) is 0 Å². The number of para-hydroxylation sites is 1. The monoisotopic (exact) mass is 286 g/mol. The van der Waals surface area contributed by atoms with E-state index in [0.29, 0.717) is 18.9 Å². The summed E-state index contributed by atoms with van der Waals surface area (Å²) in [6, 6.07) is 15.2. The maximum absolute atomic E-state index is 9.74. The van der Waals surface area contributed by atoms with Crippen LogP contribution in [0.5, 0.6) is 11.5 Å². The van der Waals surface area contributed by atoms with E-state index in [1.807, 2.05) is 56.6 Å². The molecule has 2 N–H and O–H groups in total. The number of nitrogens with one attached hydrogen (secondary N) is 1. The average Bonchev–Trinajstić information content (AvgIpc) is 2.46. The molecule has 0 saturated carbocycles. The van der Waals surface area contributed by atoms with Gasteiger partial charge in [-0.25, -0.2) is 0 Å². The van der Waals surface area contributed by atoms with Gasteiger partial charge in [0.25, 0.3) is 0 Å². The first-order chi connectivity index (χ1) is 10.1. The van der Waals surface area contributed by atoms with Gasteiger partial charge in [0.2, 0.25) is 0 Å². The Balaban J connectivity index is 1.90. The van der Waals surface area contributed by atoms with Crippen molar-refractivity contribution in [3.05, 3.63) is 54.1 Å². The zero-order valence-electron chi connectivity index (χ0n) is 12.5. The van der Waals surface area contributed by atoms with Gasteiger partial charge in [-0.3, -0.25) is 0 Å². The zero-order chi connectivity index (χ0) is 15.1. The third kappa shape index (κ3) is 5.00. The normalized spacial score (nSPS) is 10.6. The predicted molar refractivity (Wildman–Crippen MR) is 85.9 cm³/mol. The number of likely N-dealkylation sites (N-methyl/N-ethyl adjacent to an activating group) is 1. The summed E-state index contributed by atoms with van der Waals surface area (Å²) < 4.78 is 5.70. The molecule has 2 aromatic rings. The third-order valence-corrected chi connectivity index (χ3v) is 3.12. The van der Waals surface area contributed by atoms with Crippen molar-refractivity contribution >= 4 is 5.69 Å². The molecule has 0 aliphatic heterocycles. The minimum atomic E-state index is 0.309. The van der Waals surface area contributed by atoms with Crippen molar-refractivity contribution in [3.8, 4) is 11.5 Å². The lowest BCUT2D eigenvalue weighted by Crippen LogP contribution is -2.19. The Bertz CT molecular complexity index is 570. The number of ether oxygens (including phenoxy) is 1. The number of nitrogens with zero attached hydrogens (tertiary/aromatic N) is 1. The Kier molecular flexibility index (Phi) is 5.46. The Hall–Kier alpha value is -2.20. The van der Waals surface area contributed by atoms with Crippen LogP contribution >= 0.6 is 0 Å². The van der Waals surface area contributed by atoms with Crippen LogP contribution in [0.2, 0.25) is 0 Å². The summed E-state index contributed by atoms with van der Waals surface area (Å²) in [5.41, 5.74) is 1.84. The largest absolute Gasteiger partial charge is 0.508 e. The molecule has 2 rings (SSSR count). The van der Waals surface area contributed by atoms with Crippen LogP contribution in [0.15, 0.2) is 48.5 Å². The van der Waals surface area contributed by atoms with Crippen molar-refractivity contribution < 1.29 is 9.84 Å². The highest BCUT2D eigenvalue weighted by atomic mass is 16.5. The Morgan fingerprint density at radius 1 is 1.10 bits per heavy atom. The fraction of sp³-hybridized carbons (Fsp3) is 0.294. The van der Waals surface area contributed by atoms with Gasteiger partial charge in [-0.1, -0.05) is 24.3 Å². The molecule has 0 bridgehead atoms. The summed E-state index contributed by atoms with van der Waals surface area (Å²) in [7, 11) is 4.04. The number of benzene rings is 2. The molecule has 4 nitrogen and oxygen atoms in total. The first kappa shape index (κ1) is 15.2. The average molecular weight is 286 g/mol. The van der Waals surface area contributed by atoms with E-state index in [1.165, 1.54) is 0 Å². The molecule has 0 aromatic heterocycles. The van der Waals surface area contributed by atoms with Crippen LogP contribution in [0.25, 0.3) is 0 Å². The fourth-order valence-corrected chi connectivity index (χ4v) is 1.90. The minimum absolute atomic E-state index is 0.309. The Morgan fingerprint density at radius 3 is 2.67 bits per heavy atom. The first-order valence-corrected chi connectivity index (χ1v) is 7.03. The number of phenols is 1. The second-order valence-electron chi connectivity index (χ2n) is 5.16. The van der Waals surface area contributed by atoms with Crippen LogP contribution in [0.1, 0.15) is 5.56 Å². The Morgan fingerprint density at radius 2 is 1.90 bits per heavy atom. The molecule has 112 valence electrons. The quantitative estimate of drug-likeness (QED) is 0.821. The van der Waals surface area contributed by atoms with Crippen LogP contribution in [0, 0.1) is 0 Å². The summed E-state index contributed by atoms with van der Waals surface area (Å²) in [5, 5.41) is 13.0. The predicted octanol–water partition coefficient (Wildman–Crippen LogP) is 2.94. The number of hydrogen-bond acceptors (Lipinski definition) is 4. The van der Waals surface area contributed by atoms with E-state index in [1.54, 1.807) is 6.07 Å². The highest BCUT2D eigenvalue weighted by molar-refractivity contribution is 5.49. The topological polar surface area (TPSA) is 44.7 Å². The minimum Gasteiger partial charge on any atom is -0.508 e. The number of aromatic hydroxyl groups is 1. The standard InChI is InChI=1S/C17H22N2O2/c1-19(2)10-11-21-16-8-5-7-15(12-16)18-13-14-6-3-4-9-17(14)20/h3-9,12,18,20H,10-11,13H2,1-2H3. The molecule has 0 unspecified atom stereocenters. The lowest BCUT2D eigenvalue weighted by atomic mass is 10.2. The summed E-state index contributed by atoms with van der Waals surface area (Å²) in [6.07, 6.45) is 0. The van der Waals surface area contributed by atoms with Crippen LogP contribution in [0.4, 0.5) is 5.69 Å². The summed E-state index contributed by atoms with van der Waals surface area (Å²) in [5.74, 6) is 1.16. The van der Waals surface area contributed by atoms with Crippen molar-refractivity contribution in [2.24, 2.45) is 0 Å². The first-order valence-electron chi connectivity index (χ1n) is 7.03. The van der Waals surface area contributed by atoms with Crippen LogP contribution in [0.3, 0.4) is 0 Å². The summed E-state index contributed by atoms with van der Waals surface area (Å²) in [4.78, 5) is 2.08. The molecule has 0 fully saturated rings. The molecule has 0 radical (unpaired) electrons. The number of rotatable bonds is 7. The van der Waals surface area contributed by atoms with Crippen molar-refractivity contribution in [1.29, 1.82) is 0 Å². The molecular formula is C17H22N2O2. The maximum atomic E-state index is 9.74. The third-order valence-electron chi connectivity index (χ3n) is 3.12. The van der Waals surface area contributed by atoms with Crippen molar-refractivity contribution in [3.63, 3.8) is 0 Å². The molecule has 0 amide bonds. The molecular weight excluding hydrogens is 264 g/mol. The molecule has 4 heteroatoms. The van der Waals surface area contributed by atoms with Gasteiger partial charge in [-0.15, -0.1) is 0 Å². The summed E-state index contributed by atoms with van der Waals surface area (Å²) >= 11 is 0. The van der Waals surface area contributed by atoms with Gasteiger partial charge in [0.1, 0.15) is 18.1 Å². The zero-order valence-corrected chi connectivity index (χ0v) is 12.5. The smallest absolute Gasteiger partial charge is 0.121 e. The molecule has 0 atom stereocenters. The van der Waals surface area contributed by atoms with Crippen LogP contribution < -0.4 is 10.1 Å². The second-order valence-corrected chi connectivity index (χ2v) is 5.16. The van der Waals surface area contributed by atoms with E-state index in [9.17, 15) is 5.11 Å². The lowest BCUT2D eigenvalue weighted by Gasteiger charge is -2.12. The van der Waals surface area contributed by atoms with Gasteiger partial charge in [-0.05, 0) is 32.3 Å². The number of phenolic OH excluding ortho intramolecular Hbond substituents is 1. The van der Waals surface area contributed by atoms with E-state index < -0.39 is 0 Å². The van der Waals surface area contributed by atoms with E-state index in [2.05, 4.69) is 10.2 Å². The van der Waals surface area contributed by atoms with E-state index in [-0.39, 0.29) is 0 Å². The second kappa shape index (κ2) is 7.55. The SMILES string of the molecule is CN(C)CCOc1cccc(NCc2ccccc2O)c1. The Labute approximate surface area is 126 Å². The highest BCUT2D eigenvalue weighted by Gasteiger charge is 2.01. The van der Waals surface area contributed by atoms with E-state index in [4.69, 9.17) is 4.74 Å². The highest BCUT2D eigenvalue weighted by Crippen LogP contribution is 2.20. The van der Waals surface area contributed by atoms with Crippen molar-refractivity contribution in [2.45, 2.75) is 6.54 Å². The van der Waals surface area contributed by atoms with Gasteiger partial charge in [0.15, 0.2) is 0 Å². The van der Waals surface area contributed by atoms with Gasteiger partial charge >= 0.3 is 0 Å². The number of hydrogen-bond donors (Lipinski definition) is 2. The van der Waals surface area contributed by atoms with Crippen LogP contribution in [-0.2, 0) is 6.54 Å². The molecule has 0 spiro atoms. The van der Waals surface area contributed by atoms with Crippen LogP contribution in [-0.4, -0.2) is 37.3 Å². The van der Waals surface area contributed by atoms with Gasteiger partial charge in [0, 0.05) is 30.4 Å². The molecule has 0 heterocycles. The molecule has 0 aliphatic rings. The molecule has 21 heavy (non-hydrogen) atoms. The maximum Gasteiger partial charge on any atom is 0.121 e. The molecule has 0 saturated heterocycles. The summed E-state index contributed by atoms with van der Waals surface area (Å²) in [6.45, 7) is 2.12. The van der Waals surface area contributed by atoms with Gasteiger partial charge in [0.05, 0.1) is 0 Å². The fourth-order valence-electron chi connectivity index (χ4n) is 1.90. The van der Waals surface area contributed by atoms with E-state index in [0.717, 1.165) is 23.5 Å². The molecule has 0 aliphatic carbocycles. The molecule has 2 aromatic carbocycles. The number of anilines is 1.